The van der Waals surface area contributed by atoms with Crippen molar-refractivity contribution in [3.63, 3.8) is 0 Å². The van der Waals surface area contributed by atoms with Crippen molar-refractivity contribution in [3.8, 4) is 5.75 Å². The standard InChI is InChI=1S/C25H29N3O6/c1-25(2,3)34-24(32)27(14-13-22(29)30)16-21-19-7-5-6-8-20(19)23(31)28(26-21)15-17-9-11-18(33-4)12-10-17/h5-12H,13-16H2,1-4H3,(H,29,30). The van der Waals surface area contributed by atoms with Crippen LogP contribution in [0, 0.1) is 0 Å². The molecule has 9 heteroatoms. The van der Waals surface area contributed by atoms with E-state index in [2.05, 4.69) is 5.10 Å². The highest BCUT2D eigenvalue weighted by atomic mass is 16.6. The summed E-state index contributed by atoms with van der Waals surface area (Å²) < 4.78 is 12.0. The maximum atomic E-state index is 13.1. The van der Waals surface area contributed by atoms with Crippen LogP contribution in [-0.2, 0) is 22.6 Å². The maximum Gasteiger partial charge on any atom is 0.410 e. The Hall–Kier alpha value is -3.88. The number of hydrogen-bond acceptors (Lipinski definition) is 6. The van der Waals surface area contributed by atoms with Gasteiger partial charge in [-0.05, 0) is 44.5 Å². The zero-order valence-electron chi connectivity index (χ0n) is 19.8. The van der Waals surface area contributed by atoms with Crippen LogP contribution in [0.4, 0.5) is 4.79 Å². The molecule has 3 aromatic rings. The zero-order valence-corrected chi connectivity index (χ0v) is 19.8. The lowest BCUT2D eigenvalue weighted by atomic mass is 10.1. The van der Waals surface area contributed by atoms with Gasteiger partial charge in [-0.15, -0.1) is 0 Å². The summed E-state index contributed by atoms with van der Waals surface area (Å²) in [5.41, 5.74) is 0.317. The minimum absolute atomic E-state index is 0.00833. The van der Waals surface area contributed by atoms with Crippen LogP contribution in [0.15, 0.2) is 53.3 Å². The van der Waals surface area contributed by atoms with Gasteiger partial charge in [-0.1, -0.05) is 30.3 Å². The largest absolute Gasteiger partial charge is 0.497 e. The fourth-order valence-corrected chi connectivity index (χ4v) is 3.41. The van der Waals surface area contributed by atoms with Crippen molar-refractivity contribution < 1.29 is 24.2 Å². The van der Waals surface area contributed by atoms with E-state index in [0.29, 0.717) is 22.2 Å². The number of carboxylic acids is 1. The first kappa shape index (κ1) is 24.8. The van der Waals surface area contributed by atoms with Crippen LogP contribution in [0.25, 0.3) is 10.8 Å². The van der Waals surface area contributed by atoms with Gasteiger partial charge in [-0.25, -0.2) is 9.48 Å². The number of benzene rings is 2. The van der Waals surface area contributed by atoms with E-state index in [1.807, 2.05) is 12.1 Å². The fourth-order valence-electron chi connectivity index (χ4n) is 3.41. The van der Waals surface area contributed by atoms with E-state index in [4.69, 9.17) is 14.6 Å². The molecule has 0 unspecified atom stereocenters. The second-order valence-electron chi connectivity index (χ2n) is 8.85. The van der Waals surface area contributed by atoms with E-state index in [9.17, 15) is 14.4 Å². The normalized spacial score (nSPS) is 11.3. The Morgan fingerprint density at radius 3 is 2.29 bits per heavy atom. The van der Waals surface area contributed by atoms with Gasteiger partial charge in [0, 0.05) is 11.9 Å². The number of ether oxygens (including phenoxy) is 2. The molecule has 34 heavy (non-hydrogen) atoms. The number of aliphatic carboxylic acids is 1. The minimum atomic E-state index is -1.03. The van der Waals surface area contributed by atoms with Crippen LogP contribution in [0.5, 0.6) is 5.75 Å². The lowest BCUT2D eigenvalue weighted by Crippen LogP contribution is -2.38. The topological polar surface area (TPSA) is 111 Å². The van der Waals surface area contributed by atoms with Gasteiger partial charge in [0.1, 0.15) is 11.4 Å². The molecule has 0 aliphatic heterocycles. The average Bonchev–Trinajstić information content (AvgIpc) is 2.78. The predicted molar refractivity (Wildman–Crippen MR) is 127 cm³/mol. The Labute approximate surface area is 197 Å². The highest BCUT2D eigenvalue weighted by molar-refractivity contribution is 5.84. The summed E-state index contributed by atoms with van der Waals surface area (Å²) in [5, 5.41) is 14.8. The van der Waals surface area contributed by atoms with E-state index >= 15 is 0 Å². The van der Waals surface area contributed by atoms with Crippen molar-refractivity contribution in [1.82, 2.24) is 14.7 Å². The van der Waals surface area contributed by atoms with Gasteiger partial charge in [0.25, 0.3) is 5.56 Å². The molecule has 0 fully saturated rings. The number of aromatic nitrogens is 2. The third-order valence-corrected chi connectivity index (χ3v) is 5.02. The van der Waals surface area contributed by atoms with Gasteiger partial charge in [0.2, 0.25) is 0 Å². The molecule has 0 aliphatic carbocycles. The van der Waals surface area contributed by atoms with Crippen LogP contribution < -0.4 is 10.3 Å². The minimum Gasteiger partial charge on any atom is -0.497 e. The number of amides is 1. The van der Waals surface area contributed by atoms with Gasteiger partial charge < -0.3 is 19.5 Å². The summed E-state index contributed by atoms with van der Waals surface area (Å²) >= 11 is 0. The lowest BCUT2D eigenvalue weighted by Gasteiger charge is -2.27. The first-order valence-electron chi connectivity index (χ1n) is 10.9. The van der Waals surface area contributed by atoms with Crippen molar-refractivity contribution in [2.24, 2.45) is 0 Å². The molecule has 9 nitrogen and oxygen atoms in total. The number of carboxylic acid groups (broad SMARTS) is 1. The molecule has 3 rings (SSSR count). The Balaban J connectivity index is 2.01. The zero-order chi connectivity index (χ0) is 24.9. The summed E-state index contributed by atoms with van der Waals surface area (Å²) in [6, 6.07) is 14.3. The van der Waals surface area contributed by atoms with Crippen LogP contribution in [0.2, 0.25) is 0 Å². The number of nitrogens with zero attached hydrogens (tertiary/aromatic N) is 3. The van der Waals surface area contributed by atoms with Crippen LogP contribution in [0.3, 0.4) is 0 Å². The molecule has 0 saturated carbocycles. The Kier molecular flexibility index (Phi) is 7.55. The highest BCUT2D eigenvalue weighted by Crippen LogP contribution is 2.19. The molecule has 1 heterocycles. The fraction of sp³-hybridized carbons (Fsp3) is 0.360. The molecule has 1 N–H and O–H groups in total. The molecule has 0 radical (unpaired) electrons. The van der Waals surface area contributed by atoms with Crippen molar-refractivity contribution >= 4 is 22.8 Å². The number of hydrogen-bond donors (Lipinski definition) is 1. The molecule has 1 amide bonds. The van der Waals surface area contributed by atoms with E-state index < -0.39 is 17.7 Å². The van der Waals surface area contributed by atoms with Gasteiger partial charge in [0.05, 0.1) is 37.7 Å². The van der Waals surface area contributed by atoms with E-state index in [1.165, 1.54) is 9.58 Å². The summed E-state index contributed by atoms with van der Waals surface area (Å²) in [6.45, 7) is 5.38. The van der Waals surface area contributed by atoms with Gasteiger partial charge >= 0.3 is 12.1 Å². The monoisotopic (exact) mass is 467 g/mol. The third-order valence-electron chi connectivity index (χ3n) is 5.02. The molecule has 0 atom stereocenters. The maximum absolute atomic E-state index is 13.1. The first-order valence-corrected chi connectivity index (χ1v) is 10.9. The van der Waals surface area contributed by atoms with E-state index in [1.54, 1.807) is 64.3 Å². The van der Waals surface area contributed by atoms with Crippen molar-refractivity contribution in [2.75, 3.05) is 13.7 Å². The summed E-state index contributed by atoms with van der Waals surface area (Å²) in [4.78, 5) is 38.4. The molecular weight excluding hydrogens is 438 g/mol. The van der Waals surface area contributed by atoms with Crippen LogP contribution in [-0.4, -0.2) is 51.1 Å². The van der Waals surface area contributed by atoms with Crippen molar-refractivity contribution in [2.45, 2.75) is 45.9 Å². The quantitative estimate of drug-likeness (QED) is 0.538. The molecule has 180 valence electrons. The lowest BCUT2D eigenvalue weighted by molar-refractivity contribution is -0.137. The summed E-state index contributed by atoms with van der Waals surface area (Å²) in [6.07, 6.45) is -0.893. The average molecular weight is 468 g/mol. The molecule has 2 aromatic carbocycles. The second-order valence-corrected chi connectivity index (χ2v) is 8.85. The molecule has 0 bridgehead atoms. The smallest absolute Gasteiger partial charge is 0.410 e. The highest BCUT2D eigenvalue weighted by Gasteiger charge is 2.24. The molecular formula is C25H29N3O6. The van der Waals surface area contributed by atoms with Gasteiger partial charge in [0.15, 0.2) is 0 Å². The number of fused-ring (bicyclic) bond motifs is 1. The number of carbonyl (C=O) groups excluding carboxylic acids is 1. The SMILES string of the molecule is COc1ccc(Cn2nc(CN(CCC(=O)O)C(=O)OC(C)(C)C)c3ccccc3c2=O)cc1. The summed E-state index contributed by atoms with van der Waals surface area (Å²) in [5.74, 6) is -0.328. The number of methoxy groups -OCH3 is 1. The Bertz CT molecular complexity index is 1230. The second kappa shape index (κ2) is 10.4. The Morgan fingerprint density at radius 2 is 1.71 bits per heavy atom. The molecule has 0 spiro atoms. The van der Waals surface area contributed by atoms with Crippen molar-refractivity contribution in [3.05, 3.63) is 70.1 Å². The van der Waals surface area contributed by atoms with E-state index in [0.717, 1.165) is 5.56 Å². The van der Waals surface area contributed by atoms with Crippen molar-refractivity contribution in [1.29, 1.82) is 0 Å². The van der Waals surface area contributed by atoms with Gasteiger partial charge in [-0.2, -0.15) is 5.10 Å². The third kappa shape index (κ3) is 6.34. The summed E-state index contributed by atoms with van der Waals surface area (Å²) in [7, 11) is 1.58. The predicted octanol–water partition coefficient (Wildman–Crippen LogP) is 3.67. The Morgan fingerprint density at radius 1 is 1.06 bits per heavy atom. The van der Waals surface area contributed by atoms with Crippen LogP contribution >= 0.6 is 0 Å². The number of rotatable bonds is 8. The molecule has 0 saturated heterocycles. The first-order chi connectivity index (χ1) is 16.1. The van der Waals surface area contributed by atoms with Gasteiger partial charge in [-0.3, -0.25) is 9.59 Å². The van der Waals surface area contributed by atoms with E-state index in [-0.39, 0.29) is 31.6 Å². The molecule has 1 aromatic heterocycles. The van der Waals surface area contributed by atoms with Crippen LogP contribution in [0.1, 0.15) is 38.4 Å². The molecule has 0 aliphatic rings. The number of carbonyl (C=O) groups is 2.